The zero-order chi connectivity index (χ0) is 24.0. The van der Waals surface area contributed by atoms with Crippen LogP contribution in [-0.2, 0) is 13.1 Å². The van der Waals surface area contributed by atoms with E-state index < -0.39 is 0 Å². The molecule has 2 aromatic rings. The van der Waals surface area contributed by atoms with E-state index in [1.807, 2.05) is 48.6 Å². The van der Waals surface area contributed by atoms with Crippen molar-refractivity contribution in [2.75, 3.05) is 0 Å². The third-order valence-corrected chi connectivity index (χ3v) is 6.05. The second-order valence-corrected chi connectivity index (χ2v) is 9.83. The number of phenols is 2. The van der Waals surface area contributed by atoms with Gasteiger partial charge in [0.15, 0.2) is 0 Å². The predicted octanol–water partition coefficient (Wildman–Crippen LogP) is 6.51. The molecule has 0 bridgehead atoms. The van der Waals surface area contributed by atoms with Crippen molar-refractivity contribution < 1.29 is 10.2 Å². The van der Waals surface area contributed by atoms with Crippen LogP contribution in [0.3, 0.4) is 0 Å². The van der Waals surface area contributed by atoms with Gasteiger partial charge in [0.05, 0.1) is 0 Å². The summed E-state index contributed by atoms with van der Waals surface area (Å²) in [5.74, 6) is 0.637. The maximum atomic E-state index is 10.5. The van der Waals surface area contributed by atoms with E-state index in [4.69, 9.17) is 0 Å². The molecule has 4 nitrogen and oxygen atoms in total. The summed E-state index contributed by atoms with van der Waals surface area (Å²) in [6.45, 7) is 18.9. The van der Waals surface area contributed by atoms with Gasteiger partial charge < -0.3 is 10.2 Å². The van der Waals surface area contributed by atoms with E-state index in [1.54, 1.807) is 0 Å². The number of hydrogen-bond acceptors (Lipinski definition) is 4. The molecule has 2 rings (SSSR count). The Morgan fingerprint density at radius 3 is 1.16 bits per heavy atom. The highest BCUT2D eigenvalue weighted by atomic mass is 16.3. The topological polar surface area (TPSA) is 46.9 Å². The Balaban J connectivity index is 2.13. The molecule has 0 spiro atoms. The monoisotopic (exact) mass is 438 g/mol. The molecule has 32 heavy (non-hydrogen) atoms. The van der Waals surface area contributed by atoms with Gasteiger partial charge in [-0.25, -0.2) is 0 Å². The van der Waals surface area contributed by atoms with Gasteiger partial charge in [-0.05, 0) is 78.6 Å². The lowest BCUT2D eigenvalue weighted by molar-refractivity contribution is 0.164. The molecule has 0 heterocycles. The number of aromatic hydroxyl groups is 2. The zero-order valence-electron chi connectivity index (χ0n) is 21.1. The molecule has 0 unspecified atom stereocenters. The van der Waals surface area contributed by atoms with Crippen molar-refractivity contribution in [2.45, 2.75) is 92.6 Å². The van der Waals surface area contributed by atoms with Crippen LogP contribution < -0.4 is 0 Å². The van der Waals surface area contributed by atoms with E-state index in [0.29, 0.717) is 35.7 Å². The predicted molar refractivity (Wildman–Crippen MR) is 137 cm³/mol. The van der Waals surface area contributed by atoms with Gasteiger partial charge in [0, 0.05) is 48.4 Å². The SMILES string of the molecule is CC(C)N(Cc1ccc(/C=C\c2ccc(CN(C(C)C)C(C)C)c(O)c2)cc1O)C(C)C. The number of rotatable bonds is 10. The molecular weight excluding hydrogens is 396 g/mol. The molecule has 0 fully saturated rings. The normalized spacial score (nSPS) is 12.6. The van der Waals surface area contributed by atoms with Gasteiger partial charge in [-0.2, -0.15) is 0 Å². The molecule has 0 amide bonds. The second kappa shape index (κ2) is 11.5. The Hall–Kier alpha value is -2.30. The first-order chi connectivity index (χ1) is 15.0. The fourth-order valence-corrected chi connectivity index (χ4v) is 4.15. The minimum Gasteiger partial charge on any atom is -0.508 e. The van der Waals surface area contributed by atoms with Crippen LogP contribution in [0.5, 0.6) is 11.5 Å². The lowest BCUT2D eigenvalue weighted by Crippen LogP contribution is -2.36. The van der Waals surface area contributed by atoms with E-state index >= 15 is 0 Å². The number of hydrogen-bond donors (Lipinski definition) is 2. The maximum absolute atomic E-state index is 10.5. The van der Waals surface area contributed by atoms with E-state index in [1.165, 1.54) is 0 Å². The van der Waals surface area contributed by atoms with Crippen molar-refractivity contribution in [3.63, 3.8) is 0 Å². The van der Waals surface area contributed by atoms with Crippen LogP contribution in [0.15, 0.2) is 36.4 Å². The Labute approximate surface area is 195 Å². The van der Waals surface area contributed by atoms with E-state index in [-0.39, 0.29) is 0 Å². The third-order valence-electron chi connectivity index (χ3n) is 6.05. The molecule has 0 radical (unpaired) electrons. The van der Waals surface area contributed by atoms with Crippen molar-refractivity contribution in [3.8, 4) is 11.5 Å². The summed E-state index contributed by atoms with van der Waals surface area (Å²) in [6.07, 6.45) is 3.93. The van der Waals surface area contributed by atoms with Crippen LogP contribution in [0, 0.1) is 0 Å². The molecule has 2 aromatic carbocycles. The molecule has 0 aliphatic heterocycles. The molecule has 4 heteroatoms. The van der Waals surface area contributed by atoms with Crippen LogP contribution in [-0.4, -0.2) is 44.2 Å². The fourth-order valence-electron chi connectivity index (χ4n) is 4.15. The zero-order valence-corrected chi connectivity index (χ0v) is 21.1. The van der Waals surface area contributed by atoms with Gasteiger partial charge >= 0.3 is 0 Å². The average Bonchev–Trinajstić information content (AvgIpc) is 2.69. The Morgan fingerprint density at radius 2 is 0.906 bits per heavy atom. The van der Waals surface area contributed by atoms with Crippen LogP contribution in [0.25, 0.3) is 12.2 Å². The second-order valence-electron chi connectivity index (χ2n) is 9.83. The van der Waals surface area contributed by atoms with E-state index in [2.05, 4.69) is 65.2 Å². The molecular formula is C28H42N2O2. The first-order valence-electron chi connectivity index (χ1n) is 11.8. The third kappa shape index (κ3) is 7.11. The standard InChI is InChI=1S/C28H42N2O2/c1-19(2)29(20(3)4)17-25-13-11-23(15-27(25)31)9-10-24-12-14-26(28(32)16-24)18-30(21(5)6)22(7)8/h9-16,19-22,31-32H,17-18H2,1-8H3/b10-9-. The summed E-state index contributed by atoms with van der Waals surface area (Å²) in [6, 6.07) is 13.3. The molecule has 0 aliphatic rings. The van der Waals surface area contributed by atoms with Crippen molar-refractivity contribution in [1.29, 1.82) is 0 Å². The highest BCUT2D eigenvalue weighted by Gasteiger charge is 2.16. The van der Waals surface area contributed by atoms with Gasteiger partial charge in [0.1, 0.15) is 11.5 Å². The van der Waals surface area contributed by atoms with Crippen molar-refractivity contribution in [2.24, 2.45) is 0 Å². The fraction of sp³-hybridized carbons (Fsp3) is 0.500. The van der Waals surface area contributed by atoms with Crippen LogP contribution in [0.4, 0.5) is 0 Å². The number of nitrogens with zero attached hydrogens (tertiary/aromatic N) is 2. The summed E-state index contributed by atoms with van der Waals surface area (Å²) in [5.41, 5.74) is 3.74. The Bertz CT molecular complexity index is 811. The Morgan fingerprint density at radius 1 is 0.594 bits per heavy atom. The van der Waals surface area contributed by atoms with Gasteiger partial charge in [-0.1, -0.05) is 36.4 Å². The van der Waals surface area contributed by atoms with Gasteiger partial charge in [-0.3, -0.25) is 9.80 Å². The highest BCUT2D eigenvalue weighted by Crippen LogP contribution is 2.26. The first kappa shape index (κ1) is 26.0. The molecule has 2 N–H and O–H groups in total. The molecule has 0 aliphatic carbocycles. The largest absolute Gasteiger partial charge is 0.508 e. The van der Waals surface area contributed by atoms with Crippen LogP contribution >= 0.6 is 0 Å². The molecule has 0 atom stereocenters. The van der Waals surface area contributed by atoms with Crippen LogP contribution in [0.1, 0.15) is 77.6 Å². The summed E-state index contributed by atoms with van der Waals surface area (Å²) in [5, 5.41) is 21.1. The van der Waals surface area contributed by atoms with Crippen molar-refractivity contribution >= 4 is 12.2 Å². The number of phenolic OH excluding ortho intramolecular Hbond substituents is 2. The van der Waals surface area contributed by atoms with Crippen molar-refractivity contribution in [1.82, 2.24) is 9.80 Å². The average molecular weight is 439 g/mol. The minimum absolute atomic E-state index is 0.319. The lowest BCUT2D eigenvalue weighted by Gasteiger charge is -2.30. The molecule has 0 saturated heterocycles. The minimum atomic E-state index is 0.319. The van der Waals surface area contributed by atoms with Crippen molar-refractivity contribution in [3.05, 3.63) is 58.7 Å². The maximum Gasteiger partial charge on any atom is 0.120 e. The van der Waals surface area contributed by atoms with E-state index in [0.717, 1.165) is 35.3 Å². The van der Waals surface area contributed by atoms with Gasteiger partial charge in [-0.15, -0.1) is 0 Å². The Kier molecular flexibility index (Phi) is 9.35. The quantitative estimate of drug-likeness (QED) is 0.415. The molecule has 0 saturated carbocycles. The smallest absolute Gasteiger partial charge is 0.120 e. The summed E-state index contributed by atoms with van der Waals surface area (Å²) < 4.78 is 0. The highest BCUT2D eigenvalue weighted by molar-refractivity contribution is 5.71. The summed E-state index contributed by atoms with van der Waals surface area (Å²) in [7, 11) is 0. The summed E-state index contributed by atoms with van der Waals surface area (Å²) >= 11 is 0. The van der Waals surface area contributed by atoms with Gasteiger partial charge in [0.25, 0.3) is 0 Å². The lowest BCUT2D eigenvalue weighted by atomic mass is 10.0. The van der Waals surface area contributed by atoms with E-state index in [9.17, 15) is 10.2 Å². The first-order valence-corrected chi connectivity index (χ1v) is 11.8. The molecule has 0 aromatic heterocycles. The van der Waals surface area contributed by atoms with Gasteiger partial charge in [0.2, 0.25) is 0 Å². The van der Waals surface area contributed by atoms with Crippen LogP contribution in [0.2, 0.25) is 0 Å². The number of benzene rings is 2. The molecule has 176 valence electrons. The summed E-state index contributed by atoms with van der Waals surface area (Å²) in [4.78, 5) is 4.71.